The number of amides is 1. The number of halogens is 3. The largest absolute Gasteiger partial charge is 0.491 e. The van der Waals surface area contributed by atoms with Crippen molar-refractivity contribution in [1.29, 1.82) is 0 Å². The minimum Gasteiger partial charge on any atom is -0.484 e. The van der Waals surface area contributed by atoms with Crippen LogP contribution in [0.3, 0.4) is 0 Å². The second-order valence-corrected chi connectivity index (χ2v) is 4.48. The Morgan fingerprint density at radius 3 is 2.26 bits per heavy atom. The van der Waals surface area contributed by atoms with E-state index in [0.717, 1.165) is 6.07 Å². The van der Waals surface area contributed by atoms with Crippen LogP contribution in [-0.2, 0) is 4.79 Å². The number of hydrogen-bond donors (Lipinski definition) is 0. The van der Waals surface area contributed by atoms with E-state index >= 15 is 0 Å². The number of hydrogen-bond acceptors (Lipinski definition) is 3. The van der Waals surface area contributed by atoms with E-state index in [-0.39, 0.29) is 22.5 Å². The normalized spacial score (nSPS) is 10.9. The summed E-state index contributed by atoms with van der Waals surface area (Å²) in [7, 11) is 0. The number of rotatable bonds is 5. The maximum atomic E-state index is 13.2. The van der Waals surface area contributed by atoms with Gasteiger partial charge >= 0.3 is 6.30 Å². The number of alkyl halides is 3. The van der Waals surface area contributed by atoms with Crippen LogP contribution >= 0.6 is 0 Å². The van der Waals surface area contributed by atoms with Gasteiger partial charge in [-0.25, -0.2) is 4.90 Å². The predicted octanol–water partition coefficient (Wildman–Crippen LogP) is 3.43. The van der Waals surface area contributed by atoms with Crippen molar-refractivity contribution in [2.24, 2.45) is 0 Å². The highest BCUT2D eigenvalue weighted by molar-refractivity contribution is 5.99. The van der Waals surface area contributed by atoms with Gasteiger partial charge in [-0.15, -0.1) is 13.2 Å². The van der Waals surface area contributed by atoms with E-state index in [1.807, 2.05) is 0 Å². The Labute approximate surface area is 130 Å². The lowest BCUT2D eigenvalue weighted by Crippen LogP contribution is -2.46. The van der Waals surface area contributed by atoms with Crippen LogP contribution < -0.4 is 9.64 Å². The van der Waals surface area contributed by atoms with Gasteiger partial charge in [0.1, 0.15) is 5.75 Å². The molecule has 0 aromatic heterocycles. The zero-order chi connectivity index (χ0) is 16.9. The molecule has 0 N–H and O–H groups in total. The van der Waals surface area contributed by atoms with Crippen molar-refractivity contribution < 1.29 is 27.5 Å². The summed E-state index contributed by atoms with van der Waals surface area (Å²) in [5.41, 5.74) is -0.769. The average Bonchev–Trinajstić information content (AvgIpc) is 2.53. The molecule has 2 aromatic rings. The fourth-order valence-corrected chi connectivity index (χ4v) is 1.93. The summed E-state index contributed by atoms with van der Waals surface area (Å²) >= 11 is 0. The van der Waals surface area contributed by atoms with E-state index in [9.17, 15) is 22.8 Å². The number of para-hydroxylation sites is 2. The number of carbonyl (C=O) groups excluding carboxylic acids is 2. The van der Waals surface area contributed by atoms with Gasteiger partial charge in [0.2, 0.25) is 0 Å². The molecule has 0 radical (unpaired) electrons. The van der Waals surface area contributed by atoms with Gasteiger partial charge < -0.3 is 4.74 Å². The molecular weight excluding hydrogens is 311 g/mol. The van der Waals surface area contributed by atoms with Gasteiger partial charge in [-0.05, 0) is 24.3 Å². The summed E-state index contributed by atoms with van der Waals surface area (Å²) in [6, 6.07) is 13.0. The molecule has 0 bridgehead atoms. The van der Waals surface area contributed by atoms with Crippen LogP contribution in [0, 0.1) is 0 Å². The summed E-state index contributed by atoms with van der Waals surface area (Å²) in [6.45, 7) is -0.809. The molecule has 2 aromatic carbocycles. The number of benzene rings is 2. The minimum atomic E-state index is -4.98. The number of carbonyl (C=O) groups is 2. The summed E-state index contributed by atoms with van der Waals surface area (Å²) in [5.74, 6) is -1.05. The van der Waals surface area contributed by atoms with Crippen molar-refractivity contribution in [3.05, 3.63) is 60.2 Å². The smallest absolute Gasteiger partial charge is 0.484 e. The van der Waals surface area contributed by atoms with Crippen LogP contribution in [0.15, 0.2) is 54.6 Å². The van der Waals surface area contributed by atoms with Gasteiger partial charge in [-0.3, -0.25) is 9.59 Å². The Morgan fingerprint density at radius 1 is 1.04 bits per heavy atom. The SMILES string of the molecule is O=Cc1ccccc1N(C(=O)COc1ccccc1)C(F)(F)F. The zero-order valence-electron chi connectivity index (χ0n) is 11.8. The van der Waals surface area contributed by atoms with E-state index in [1.165, 1.54) is 30.3 Å². The molecule has 23 heavy (non-hydrogen) atoms. The average molecular weight is 323 g/mol. The molecule has 0 fully saturated rings. The summed E-state index contributed by atoms with van der Waals surface area (Å²) in [4.78, 5) is 22.5. The molecule has 0 atom stereocenters. The fraction of sp³-hybridized carbons (Fsp3) is 0.125. The van der Waals surface area contributed by atoms with E-state index in [2.05, 4.69) is 0 Å². The molecular formula is C16H12F3NO3. The molecule has 7 heteroatoms. The van der Waals surface area contributed by atoms with Crippen LogP contribution in [-0.4, -0.2) is 25.1 Å². The molecule has 0 unspecified atom stereocenters. The molecule has 0 aliphatic heterocycles. The minimum absolute atomic E-state index is 0.238. The highest BCUT2D eigenvalue weighted by Crippen LogP contribution is 2.30. The highest BCUT2D eigenvalue weighted by Gasteiger charge is 2.43. The van der Waals surface area contributed by atoms with Gasteiger partial charge in [0.05, 0.1) is 5.69 Å². The third kappa shape index (κ3) is 4.09. The van der Waals surface area contributed by atoms with Gasteiger partial charge in [-0.1, -0.05) is 30.3 Å². The van der Waals surface area contributed by atoms with Crippen molar-refractivity contribution >= 4 is 17.9 Å². The lowest BCUT2D eigenvalue weighted by molar-refractivity contribution is -0.151. The van der Waals surface area contributed by atoms with Crippen molar-refractivity contribution in [1.82, 2.24) is 0 Å². The first-order chi connectivity index (χ1) is 10.9. The predicted molar refractivity (Wildman–Crippen MR) is 77.3 cm³/mol. The lowest BCUT2D eigenvalue weighted by atomic mass is 10.2. The van der Waals surface area contributed by atoms with Crippen LogP contribution in [0.4, 0.5) is 18.9 Å². The van der Waals surface area contributed by atoms with Crippen LogP contribution in [0.25, 0.3) is 0 Å². The number of aldehydes is 1. The topological polar surface area (TPSA) is 46.6 Å². The molecule has 0 heterocycles. The fourth-order valence-electron chi connectivity index (χ4n) is 1.93. The monoisotopic (exact) mass is 323 g/mol. The second kappa shape index (κ2) is 6.95. The molecule has 4 nitrogen and oxygen atoms in total. The van der Waals surface area contributed by atoms with Gasteiger partial charge in [0.15, 0.2) is 12.9 Å². The number of ether oxygens (including phenoxy) is 1. The Kier molecular flexibility index (Phi) is 5.00. The maximum absolute atomic E-state index is 13.2. The quantitative estimate of drug-likeness (QED) is 0.625. The first kappa shape index (κ1) is 16.5. The third-order valence-electron chi connectivity index (χ3n) is 2.91. The lowest BCUT2D eigenvalue weighted by Gasteiger charge is -2.26. The molecule has 0 saturated heterocycles. The van der Waals surface area contributed by atoms with Gasteiger partial charge in [0, 0.05) is 5.56 Å². The Balaban J connectivity index is 2.25. The summed E-state index contributed by atoms with van der Waals surface area (Å²) in [5, 5.41) is 0. The van der Waals surface area contributed by atoms with Crippen LogP contribution in [0.2, 0.25) is 0 Å². The van der Waals surface area contributed by atoms with Crippen molar-refractivity contribution in [3.8, 4) is 5.75 Å². The second-order valence-electron chi connectivity index (χ2n) is 4.48. The molecule has 1 amide bonds. The molecule has 0 aliphatic carbocycles. The Bertz CT molecular complexity index is 686. The molecule has 0 saturated carbocycles. The van der Waals surface area contributed by atoms with Crippen molar-refractivity contribution in [3.63, 3.8) is 0 Å². The molecule has 0 spiro atoms. The maximum Gasteiger partial charge on any atom is 0.491 e. The summed E-state index contributed by atoms with van der Waals surface area (Å²) < 4.78 is 44.8. The molecule has 120 valence electrons. The standard InChI is InChI=1S/C16H12F3NO3/c17-16(18,19)20(14-9-5-4-6-12(14)10-21)15(22)11-23-13-7-2-1-3-8-13/h1-10H,11H2. The van der Waals surface area contributed by atoms with Crippen molar-refractivity contribution in [2.45, 2.75) is 6.30 Å². The van der Waals surface area contributed by atoms with E-state index in [4.69, 9.17) is 4.74 Å². The number of anilines is 1. The Hall–Kier alpha value is -2.83. The van der Waals surface area contributed by atoms with Crippen LogP contribution in [0.1, 0.15) is 10.4 Å². The van der Waals surface area contributed by atoms with Gasteiger partial charge in [0.25, 0.3) is 5.91 Å². The highest BCUT2D eigenvalue weighted by atomic mass is 19.4. The zero-order valence-corrected chi connectivity index (χ0v) is 11.8. The summed E-state index contributed by atoms with van der Waals surface area (Å²) in [6.07, 6.45) is -4.71. The van der Waals surface area contributed by atoms with E-state index in [1.54, 1.807) is 18.2 Å². The van der Waals surface area contributed by atoms with E-state index < -0.39 is 24.5 Å². The van der Waals surface area contributed by atoms with E-state index in [0.29, 0.717) is 0 Å². The van der Waals surface area contributed by atoms with Gasteiger partial charge in [-0.2, -0.15) is 0 Å². The first-order valence-corrected chi connectivity index (χ1v) is 6.55. The Morgan fingerprint density at radius 2 is 1.65 bits per heavy atom. The first-order valence-electron chi connectivity index (χ1n) is 6.55. The molecule has 2 rings (SSSR count). The van der Waals surface area contributed by atoms with Crippen LogP contribution in [0.5, 0.6) is 5.75 Å². The third-order valence-corrected chi connectivity index (χ3v) is 2.91. The van der Waals surface area contributed by atoms with Crippen molar-refractivity contribution in [2.75, 3.05) is 11.5 Å². The number of nitrogens with zero attached hydrogens (tertiary/aromatic N) is 1. The molecule has 0 aliphatic rings.